The second kappa shape index (κ2) is 4.46. The van der Waals surface area contributed by atoms with Gasteiger partial charge in [-0.2, -0.15) is 10.2 Å². The Morgan fingerprint density at radius 1 is 1.29 bits per heavy atom. The van der Waals surface area contributed by atoms with E-state index in [1.165, 1.54) is 0 Å². The molecule has 6 nitrogen and oxygen atoms in total. The van der Waals surface area contributed by atoms with Crippen molar-refractivity contribution in [2.45, 2.75) is 0 Å². The first-order chi connectivity index (χ1) is 10.2. The molecule has 0 aliphatic carbocycles. The lowest BCUT2D eigenvalue weighted by Gasteiger charge is -2.04. The smallest absolute Gasteiger partial charge is 0.178 e. The third-order valence-electron chi connectivity index (χ3n) is 3.39. The Bertz CT molecular complexity index is 955. The Kier molecular flexibility index (Phi) is 2.58. The predicted octanol–water partition coefficient (Wildman–Crippen LogP) is 3.24. The summed E-state index contributed by atoms with van der Waals surface area (Å²) >= 11 is 6.07. The van der Waals surface area contributed by atoms with Crippen LogP contribution in [-0.4, -0.2) is 25.0 Å². The van der Waals surface area contributed by atoms with Gasteiger partial charge in [-0.15, -0.1) is 0 Å². The lowest BCUT2D eigenvalue weighted by Crippen LogP contribution is -1.93. The molecule has 3 heterocycles. The fourth-order valence-corrected chi connectivity index (χ4v) is 2.64. The lowest BCUT2D eigenvalue weighted by atomic mass is 10.2. The van der Waals surface area contributed by atoms with E-state index in [4.69, 9.17) is 11.6 Å². The number of pyridine rings is 1. The van der Waals surface area contributed by atoms with Crippen molar-refractivity contribution in [2.24, 2.45) is 7.05 Å². The molecule has 0 atom stereocenters. The number of halogens is 1. The third kappa shape index (κ3) is 1.92. The fraction of sp³-hybridized carbons (Fsp3) is 0.0714. The number of hydrogen-bond donors (Lipinski definition) is 2. The normalized spacial score (nSPS) is 11.3. The second-order valence-electron chi connectivity index (χ2n) is 4.74. The van der Waals surface area contributed by atoms with Crippen molar-refractivity contribution >= 4 is 45.0 Å². The fourth-order valence-electron chi connectivity index (χ4n) is 2.37. The molecule has 0 amide bonds. The van der Waals surface area contributed by atoms with Crippen LogP contribution in [0.1, 0.15) is 0 Å². The highest BCUT2D eigenvalue weighted by Crippen LogP contribution is 2.27. The van der Waals surface area contributed by atoms with Crippen LogP contribution in [0.15, 0.2) is 36.5 Å². The van der Waals surface area contributed by atoms with Crippen molar-refractivity contribution in [3.63, 3.8) is 0 Å². The van der Waals surface area contributed by atoms with Crippen molar-refractivity contribution in [1.29, 1.82) is 0 Å². The molecule has 3 aromatic heterocycles. The maximum Gasteiger partial charge on any atom is 0.178 e. The van der Waals surface area contributed by atoms with Gasteiger partial charge in [-0.1, -0.05) is 11.6 Å². The van der Waals surface area contributed by atoms with E-state index < -0.39 is 0 Å². The molecule has 1 aromatic carbocycles. The summed E-state index contributed by atoms with van der Waals surface area (Å²) in [5.41, 5.74) is 3.56. The van der Waals surface area contributed by atoms with Gasteiger partial charge in [0.15, 0.2) is 11.0 Å². The highest BCUT2D eigenvalue weighted by atomic mass is 35.5. The molecule has 21 heavy (non-hydrogen) atoms. The molecule has 0 saturated carbocycles. The summed E-state index contributed by atoms with van der Waals surface area (Å²) < 4.78 is 1.75. The van der Waals surface area contributed by atoms with E-state index >= 15 is 0 Å². The molecule has 0 fully saturated rings. The molecule has 0 bridgehead atoms. The molecular formula is C14H11ClN6. The van der Waals surface area contributed by atoms with Gasteiger partial charge in [0.25, 0.3) is 0 Å². The van der Waals surface area contributed by atoms with Crippen molar-refractivity contribution in [3.8, 4) is 0 Å². The molecule has 4 rings (SSSR count). The van der Waals surface area contributed by atoms with Crippen molar-refractivity contribution in [2.75, 3.05) is 5.32 Å². The van der Waals surface area contributed by atoms with Crippen LogP contribution < -0.4 is 5.32 Å². The molecule has 104 valence electrons. The van der Waals surface area contributed by atoms with Crippen LogP contribution >= 0.6 is 11.6 Å². The Morgan fingerprint density at radius 3 is 3.10 bits per heavy atom. The summed E-state index contributed by atoms with van der Waals surface area (Å²) in [5, 5.41) is 16.1. The van der Waals surface area contributed by atoms with Crippen LogP contribution in [0.2, 0.25) is 5.15 Å². The zero-order valence-electron chi connectivity index (χ0n) is 11.1. The van der Waals surface area contributed by atoms with E-state index in [1.807, 2.05) is 37.4 Å². The summed E-state index contributed by atoms with van der Waals surface area (Å²) in [6, 6.07) is 9.67. The molecule has 2 N–H and O–H groups in total. The van der Waals surface area contributed by atoms with Crippen LogP contribution in [0.3, 0.4) is 0 Å². The number of anilines is 2. The van der Waals surface area contributed by atoms with E-state index in [0.29, 0.717) is 11.0 Å². The minimum atomic E-state index is 0.505. The zero-order valence-corrected chi connectivity index (χ0v) is 11.9. The van der Waals surface area contributed by atoms with Gasteiger partial charge in [0.05, 0.1) is 11.0 Å². The number of hydrogen-bond acceptors (Lipinski definition) is 4. The first-order valence-corrected chi connectivity index (χ1v) is 6.78. The first-order valence-electron chi connectivity index (χ1n) is 6.41. The maximum absolute atomic E-state index is 6.07. The molecule has 0 aliphatic rings. The highest BCUT2D eigenvalue weighted by Gasteiger charge is 2.10. The maximum atomic E-state index is 6.07. The van der Waals surface area contributed by atoms with Gasteiger partial charge in [-0.05, 0) is 30.3 Å². The largest absolute Gasteiger partial charge is 0.337 e. The average Bonchev–Trinajstić information content (AvgIpc) is 3.02. The van der Waals surface area contributed by atoms with E-state index in [-0.39, 0.29) is 0 Å². The second-order valence-corrected chi connectivity index (χ2v) is 5.10. The van der Waals surface area contributed by atoms with Gasteiger partial charge in [0, 0.05) is 24.3 Å². The molecule has 0 radical (unpaired) electrons. The van der Waals surface area contributed by atoms with Crippen LogP contribution in [0.4, 0.5) is 11.5 Å². The van der Waals surface area contributed by atoms with Gasteiger partial charge in [0.2, 0.25) is 0 Å². The van der Waals surface area contributed by atoms with Gasteiger partial charge in [-0.25, -0.2) is 0 Å². The minimum absolute atomic E-state index is 0.505. The molecule has 0 spiro atoms. The van der Waals surface area contributed by atoms with E-state index in [9.17, 15) is 0 Å². The minimum Gasteiger partial charge on any atom is -0.337 e. The Balaban J connectivity index is 1.78. The topological polar surface area (TPSA) is 71.4 Å². The standard InChI is InChI=1S/C14H11ClN6/c1-21-11-7-8(4-5-9(11)13(15)20-21)17-14-12-10(18-19-14)3-2-6-16-12/h2-7H,1H3,(H2,17,18,19). The summed E-state index contributed by atoms with van der Waals surface area (Å²) in [7, 11) is 1.86. The molecule has 4 aromatic rings. The third-order valence-corrected chi connectivity index (χ3v) is 3.67. The highest BCUT2D eigenvalue weighted by molar-refractivity contribution is 6.34. The van der Waals surface area contributed by atoms with E-state index in [1.54, 1.807) is 10.9 Å². The van der Waals surface area contributed by atoms with Gasteiger partial charge in [-0.3, -0.25) is 14.8 Å². The Labute approximate surface area is 124 Å². The number of benzene rings is 1. The monoisotopic (exact) mass is 298 g/mol. The molecule has 0 aliphatic heterocycles. The SMILES string of the molecule is Cn1nc(Cl)c2ccc(Nc3n[nH]c4cccnc34)cc21. The number of H-pyrrole nitrogens is 1. The van der Waals surface area contributed by atoms with Gasteiger partial charge >= 0.3 is 0 Å². The molecular weight excluding hydrogens is 288 g/mol. The summed E-state index contributed by atoms with van der Waals surface area (Å²) in [5.74, 6) is 0.693. The summed E-state index contributed by atoms with van der Waals surface area (Å²) in [6.45, 7) is 0. The first kappa shape index (κ1) is 12.2. The Morgan fingerprint density at radius 2 is 2.19 bits per heavy atom. The number of aryl methyl sites for hydroxylation is 1. The predicted molar refractivity (Wildman–Crippen MR) is 82.9 cm³/mol. The zero-order chi connectivity index (χ0) is 14.4. The van der Waals surface area contributed by atoms with Crippen LogP contribution in [0, 0.1) is 0 Å². The summed E-state index contributed by atoms with van der Waals surface area (Å²) in [6.07, 6.45) is 1.74. The van der Waals surface area contributed by atoms with Crippen LogP contribution in [-0.2, 0) is 7.05 Å². The average molecular weight is 299 g/mol. The number of aromatic amines is 1. The van der Waals surface area contributed by atoms with E-state index in [0.717, 1.165) is 27.6 Å². The van der Waals surface area contributed by atoms with Gasteiger partial charge < -0.3 is 5.32 Å². The van der Waals surface area contributed by atoms with Crippen LogP contribution in [0.25, 0.3) is 21.9 Å². The van der Waals surface area contributed by atoms with E-state index in [2.05, 4.69) is 25.6 Å². The molecule has 7 heteroatoms. The van der Waals surface area contributed by atoms with Gasteiger partial charge in [0.1, 0.15) is 5.52 Å². The number of nitrogens with zero attached hydrogens (tertiary/aromatic N) is 4. The van der Waals surface area contributed by atoms with Crippen LogP contribution in [0.5, 0.6) is 0 Å². The molecule has 0 saturated heterocycles. The van der Waals surface area contributed by atoms with Crippen molar-refractivity contribution in [3.05, 3.63) is 41.7 Å². The summed E-state index contributed by atoms with van der Waals surface area (Å²) in [4.78, 5) is 4.33. The number of fused-ring (bicyclic) bond motifs is 2. The van der Waals surface area contributed by atoms with Crippen molar-refractivity contribution in [1.82, 2.24) is 25.0 Å². The Hall–Kier alpha value is -2.60. The number of nitrogens with one attached hydrogen (secondary N) is 2. The lowest BCUT2D eigenvalue weighted by molar-refractivity contribution is 0.797. The quantitative estimate of drug-likeness (QED) is 0.596. The van der Waals surface area contributed by atoms with Crippen molar-refractivity contribution < 1.29 is 0 Å². The number of aromatic nitrogens is 5. The number of rotatable bonds is 2. The molecule has 0 unspecified atom stereocenters.